The SMILES string of the molecule is CCNC(=NCCc1ccccn1)NCCN(CC)C(=O)OC(C)(C)C. The van der Waals surface area contributed by atoms with Gasteiger partial charge in [-0.25, -0.2) is 4.79 Å². The van der Waals surface area contributed by atoms with Crippen LogP contribution in [0.3, 0.4) is 0 Å². The van der Waals surface area contributed by atoms with Crippen LogP contribution >= 0.6 is 0 Å². The number of nitrogens with zero attached hydrogens (tertiary/aromatic N) is 3. The van der Waals surface area contributed by atoms with Gasteiger partial charge in [0.05, 0.1) is 0 Å². The topological polar surface area (TPSA) is 78.9 Å². The van der Waals surface area contributed by atoms with E-state index in [1.165, 1.54) is 0 Å². The summed E-state index contributed by atoms with van der Waals surface area (Å²) < 4.78 is 5.42. The van der Waals surface area contributed by atoms with Crippen LogP contribution in [-0.4, -0.2) is 60.3 Å². The van der Waals surface area contributed by atoms with E-state index in [-0.39, 0.29) is 6.09 Å². The van der Waals surface area contributed by atoms with Gasteiger partial charge in [-0.1, -0.05) is 6.07 Å². The summed E-state index contributed by atoms with van der Waals surface area (Å²) in [6.45, 7) is 12.8. The Balaban J connectivity index is 2.46. The third-order valence-corrected chi connectivity index (χ3v) is 3.42. The van der Waals surface area contributed by atoms with Crippen LogP contribution in [0.5, 0.6) is 0 Å². The minimum absolute atomic E-state index is 0.293. The van der Waals surface area contributed by atoms with Crippen LogP contribution in [0.4, 0.5) is 4.79 Å². The van der Waals surface area contributed by atoms with E-state index in [1.807, 2.05) is 52.8 Å². The molecule has 0 spiro atoms. The smallest absolute Gasteiger partial charge is 0.410 e. The van der Waals surface area contributed by atoms with Gasteiger partial charge in [-0.2, -0.15) is 0 Å². The van der Waals surface area contributed by atoms with Crippen molar-refractivity contribution in [1.29, 1.82) is 0 Å². The number of hydrogen-bond acceptors (Lipinski definition) is 4. The van der Waals surface area contributed by atoms with Gasteiger partial charge >= 0.3 is 6.09 Å². The van der Waals surface area contributed by atoms with E-state index in [1.54, 1.807) is 11.1 Å². The largest absolute Gasteiger partial charge is 0.444 e. The summed E-state index contributed by atoms with van der Waals surface area (Å²) >= 11 is 0. The number of carbonyl (C=O) groups excluding carboxylic acids is 1. The highest BCUT2D eigenvalue weighted by Crippen LogP contribution is 2.09. The highest BCUT2D eigenvalue weighted by molar-refractivity contribution is 5.79. The average Bonchev–Trinajstić information content (AvgIpc) is 2.58. The maximum Gasteiger partial charge on any atom is 0.410 e. The molecule has 0 aliphatic heterocycles. The summed E-state index contributed by atoms with van der Waals surface area (Å²) in [4.78, 5) is 22.7. The molecule has 0 radical (unpaired) electrons. The van der Waals surface area contributed by atoms with Crippen LogP contribution in [0.15, 0.2) is 29.4 Å². The Morgan fingerprint density at radius 3 is 2.62 bits per heavy atom. The monoisotopic (exact) mass is 363 g/mol. The highest BCUT2D eigenvalue weighted by atomic mass is 16.6. The summed E-state index contributed by atoms with van der Waals surface area (Å²) in [5.74, 6) is 0.740. The maximum absolute atomic E-state index is 12.1. The van der Waals surface area contributed by atoms with Crippen LogP contribution in [0.1, 0.15) is 40.3 Å². The van der Waals surface area contributed by atoms with Crippen molar-refractivity contribution in [2.45, 2.75) is 46.6 Å². The first-order valence-electron chi connectivity index (χ1n) is 9.25. The van der Waals surface area contributed by atoms with Crippen molar-refractivity contribution in [3.05, 3.63) is 30.1 Å². The third-order valence-electron chi connectivity index (χ3n) is 3.42. The number of rotatable bonds is 8. The molecule has 2 N–H and O–H groups in total. The molecular formula is C19H33N5O2. The molecule has 1 aromatic rings. The van der Waals surface area contributed by atoms with Crippen LogP contribution < -0.4 is 10.6 Å². The van der Waals surface area contributed by atoms with Gasteiger partial charge in [-0.3, -0.25) is 9.98 Å². The minimum Gasteiger partial charge on any atom is -0.444 e. The van der Waals surface area contributed by atoms with Gasteiger partial charge in [-0.15, -0.1) is 0 Å². The number of pyridine rings is 1. The lowest BCUT2D eigenvalue weighted by atomic mass is 10.2. The Labute approximate surface area is 157 Å². The molecule has 7 nitrogen and oxygen atoms in total. The van der Waals surface area contributed by atoms with Gasteiger partial charge < -0.3 is 20.3 Å². The second-order valence-electron chi connectivity index (χ2n) is 6.82. The number of amides is 1. The van der Waals surface area contributed by atoms with Gasteiger partial charge in [0.1, 0.15) is 5.60 Å². The van der Waals surface area contributed by atoms with Crippen molar-refractivity contribution in [2.24, 2.45) is 4.99 Å². The first-order valence-corrected chi connectivity index (χ1v) is 9.25. The summed E-state index contributed by atoms with van der Waals surface area (Å²) in [6, 6.07) is 5.88. The predicted molar refractivity (Wildman–Crippen MR) is 105 cm³/mol. The number of aliphatic imine (C=N–C) groups is 1. The first-order chi connectivity index (χ1) is 12.4. The number of nitrogens with one attached hydrogen (secondary N) is 2. The van der Waals surface area contributed by atoms with Crippen LogP contribution in [0.25, 0.3) is 0 Å². The van der Waals surface area contributed by atoms with Gasteiger partial charge in [0.2, 0.25) is 0 Å². The zero-order chi connectivity index (χ0) is 19.4. The van der Waals surface area contributed by atoms with Crippen molar-refractivity contribution in [2.75, 3.05) is 32.7 Å². The molecule has 0 aliphatic rings. The van der Waals surface area contributed by atoms with E-state index in [0.717, 1.165) is 24.6 Å². The lowest BCUT2D eigenvalue weighted by Gasteiger charge is -2.26. The summed E-state index contributed by atoms with van der Waals surface area (Å²) in [6.07, 6.45) is 2.29. The Hall–Kier alpha value is -2.31. The van der Waals surface area contributed by atoms with E-state index in [0.29, 0.717) is 26.2 Å². The molecule has 7 heteroatoms. The van der Waals surface area contributed by atoms with Gasteiger partial charge in [0, 0.05) is 51.0 Å². The highest BCUT2D eigenvalue weighted by Gasteiger charge is 2.20. The van der Waals surface area contributed by atoms with Gasteiger partial charge in [-0.05, 0) is 46.8 Å². The summed E-state index contributed by atoms with van der Waals surface area (Å²) in [5.41, 5.74) is 0.536. The molecule has 0 aliphatic carbocycles. The van der Waals surface area contributed by atoms with Crippen molar-refractivity contribution in [3.8, 4) is 0 Å². The number of aromatic nitrogens is 1. The number of carbonyl (C=O) groups is 1. The van der Waals surface area contributed by atoms with Gasteiger partial charge in [0.25, 0.3) is 0 Å². The maximum atomic E-state index is 12.1. The molecule has 146 valence electrons. The molecule has 26 heavy (non-hydrogen) atoms. The first kappa shape index (κ1) is 21.7. The Morgan fingerprint density at radius 2 is 2.04 bits per heavy atom. The lowest BCUT2D eigenvalue weighted by Crippen LogP contribution is -2.44. The molecule has 0 bridgehead atoms. The van der Waals surface area contributed by atoms with Crippen molar-refractivity contribution >= 4 is 12.1 Å². The number of hydrogen-bond donors (Lipinski definition) is 2. The van der Waals surface area contributed by atoms with Crippen molar-refractivity contribution < 1.29 is 9.53 Å². The minimum atomic E-state index is -0.486. The van der Waals surface area contributed by atoms with Crippen molar-refractivity contribution in [3.63, 3.8) is 0 Å². The molecule has 1 heterocycles. The van der Waals surface area contributed by atoms with E-state index in [2.05, 4.69) is 20.6 Å². The molecule has 0 atom stereocenters. The van der Waals surface area contributed by atoms with Crippen LogP contribution in [0.2, 0.25) is 0 Å². The zero-order valence-electron chi connectivity index (χ0n) is 16.7. The van der Waals surface area contributed by atoms with E-state index in [9.17, 15) is 4.79 Å². The molecule has 1 amide bonds. The quantitative estimate of drug-likeness (QED) is 0.548. The van der Waals surface area contributed by atoms with E-state index < -0.39 is 5.60 Å². The average molecular weight is 364 g/mol. The third kappa shape index (κ3) is 9.25. The van der Waals surface area contributed by atoms with Gasteiger partial charge in [0.15, 0.2) is 5.96 Å². The normalized spacial score (nSPS) is 11.8. The fraction of sp³-hybridized carbons (Fsp3) is 0.632. The molecule has 0 aromatic carbocycles. The molecular weight excluding hydrogens is 330 g/mol. The second kappa shape index (κ2) is 11.3. The standard InChI is InChI=1S/C19H33N5O2/c1-6-20-17(22-13-11-16-10-8-9-12-21-16)23-14-15-24(7-2)18(25)26-19(3,4)5/h8-10,12H,6-7,11,13-15H2,1-5H3,(H2,20,22,23). The molecule has 0 saturated carbocycles. The fourth-order valence-corrected chi connectivity index (χ4v) is 2.18. The Bertz CT molecular complexity index is 555. The molecule has 1 rings (SSSR count). The Morgan fingerprint density at radius 1 is 1.27 bits per heavy atom. The molecule has 1 aromatic heterocycles. The van der Waals surface area contributed by atoms with Crippen LogP contribution in [-0.2, 0) is 11.2 Å². The second-order valence-corrected chi connectivity index (χ2v) is 6.82. The number of guanidine groups is 1. The van der Waals surface area contributed by atoms with Crippen molar-refractivity contribution in [1.82, 2.24) is 20.5 Å². The van der Waals surface area contributed by atoms with Crippen LogP contribution in [0, 0.1) is 0 Å². The Kier molecular flexibility index (Phi) is 9.47. The lowest BCUT2D eigenvalue weighted by molar-refractivity contribution is 0.0264. The summed E-state index contributed by atoms with van der Waals surface area (Å²) in [5, 5.41) is 6.47. The fourth-order valence-electron chi connectivity index (χ4n) is 2.18. The molecule has 0 unspecified atom stereocenters. The summed E-state index contributed by atoms with van der Waals surface area (Å²) in [7, 11) is 0. The molecule has 0 fully saturated rings. The zero-order valence-corrected chi connectivity index (χ0v) is 16.7. The number of ether oxygens (including phenoxy) is 1. The predicted octanol–water partition coefficient (Wildman–Crippen LogP) is 2.44. The van der Waals surface area contributed by atoms with E-state index in [4.69, 9.17) is 4.74 Å². The van der Waals surface area contributed by atoms with E-state index >= 15 is 0 Å². The molecule has 0 saturated heterocycles. The number of likely N-dealkylation sites (N-methyl/N-ethyl adjacent to an activating group) is 1.